The summed E-state index contributed by atoms with van der Waals surface area (Å²) in [5.41, 5.74) is 2.51. The van der Waals surface area contributed by atoms with Gasteiger partial charge >= 0.3 is 5.97 Å². The van der Waals surface area contributed by atoms with Crippen LogP contribution in [-0.4, -0.2) is 54.5 Å². The van der Waals surface area contributed by atoms with Crippen LogP contribution >= 0.6 is 0 Å². The minimum absolute atomic E-state index is 0.0932. The molecule has 1 aromatic carbocycles. The number of aryl methyl sites for hydroxylation is 1. The molecule has 0 spiro atoms. The Hall–Kier alpha value is -3.42. The highest BCUT2D eigenvalue weighted by atomic mass is 16.5. The van der Waals surface area contributed by atoms with Gasteiger partial charge in [-0.05, 0) is 43.2 Å². The molecule has 1 aromatic heterocycles. The van der Waals surface area contributed by atoms with Crippen molar-refractivity contribution in [2.45, 2.75) is 33.2 Å². The molecule has 32 heavy (non-hydrogen) atoms. The normalized spacial score (nSPS) is 15.5. The number of hydrogen-bond acceptors (Lipinski definition) is 6. The van der Waals surface area contributed by atoms with Crippen molar-refractivity contribution < 1.29 is 23.9 Å². The predicted molar refractivity (Wildman–Crippen MR) is 119 cm³/mol. The Morgan fingerprint density at radius 1 is 1.28 bits per heavy atom. The molecule has 3 rings (SSSR count). The van der Waals surface area contributed by atoms with E-state index in [0.29, 0.717) is 24.6 Å². The molecule has 0 radical (unpaired) electrons. The third kappa shape index (κ3) is 5.63. The van der Waals surface area contributed by atoms with Crippen molar-refractivity contribution >= 4 is 23.5 Å². The van der Waals surface area contributed by atoms with Gasteiger partial charge in [0, 0.05) is 38.4 Å². The Bertz CT molecular complexity index is 963. The molecule has 170 valence electrons. The number of anilines is 1. The van der Waals surface area contributed by atoms with Crippen molar-refractivity contribution in [2.24, 2.45) is 5.92 Å². The molecule has 2 aromatic rings. The largest absolute Gasteiger partial charge is 0.495 e. The first-order valence-electron chi connectivity index (χ1n) is 10.7. The molecule has 1 atom stereocenters. The van der Waals surface area contributed by atoms with Crippen molar-refractivity contribution in [2.75, 3.05) is 31.7 Å². The van der Waals surface area contributed by atoms with Gasteiger partial charge in [0.2, 0.25) is 11.8 Å². The van der Waals surface area contributed by atoms with Gasteiger partial charge < -0.3 is 19.3 Å². The first kappa shape index (κ1) is 23.2. The lowest BCUT2D eigenvalue weighted by molar-refractivity contribution is -0.144. The van der Waals surface area contributed by atoms with Gasteiger partial charge in [0.05, 0.1) is 31.7 Å². The van der Waals surface area contributed by atoms with E-state index in [2.05, 4.69) is 4.98 Å². The van der Waals surface area contributed by atoms with E-state index in [0.717, 1.165) is 11.1 Å². The minimum atomic E-state index is -0.508. The second kappa shape index (κ2) is 10.7. The molecule has 1 aliphatic heterocycles. The number of rotatable bonds is 9. The fourth-order valence-corrected chi connectivity index (χ4v) is 3.81. The summed E-state index contributed by atoms with van der Waals surface area (Å²) in [6.07, 6.45) is 3.56. The van der Waals surface area contributed by atoms with E-state index in [9.17, 15) is 14.4 Å². The van der Waals surface area contributed by atoms with Crippen molar-refractivity contribution in [3.05, 3.63) is 53.9 Å². The summed E-state index contributed by atoms with van der Waals surface area (Å²) in [6, 6.07) is 9.30. The third-order valence-electron chi connectivity index (χ3n) is 5.40. The number of carbonyl (C=O) groups is 3. The van der Waals surface area contributed by atoms with Crippen LogP contribution in [0.25, 0.3) is 0 Å². The lowest BCUT2D eigenvalue weighted by atomic mass is 10.1. The van der Waals surface area contributed by atoms with Gasteiger partial charge in [-0.3, -0.25) is 19.4 Å². The zero-order valence-corrected chi connectivity index (χ0v) is 18.7. The van der Waals surface area contributed by atoms with Crippen LogP contribution in [0.2, 0.25) is 0 Å². The van der Waals surface area contributed by atoms with E-state index >= 15 is 0 Å². The van der Waals surface area contributed by atoms with Gasteiger partial charge in [-0.1, -0.05) is 12.1 Å². The predicted octanol–water partition coefficient (Wildman–Crippen LogP) is 2.73. The zero-order valence-electron chi connectivity index (χ0n) is 18.7. The van der Waals surface area contributed by atoms with Gasteiger partial charge in [-0.15, -0.1) is 0 Å². The summed E-state index contributed by atoms with van der Waals surface area (Å²) < 4.78 is 10.4. The van der Waals surface area contributed by atoms with E-state index < -0.39 is 5.92 Å². The molecule has 2 amide bonds. The number of pyridine rings is 1. The summed E-state index contributed by atoms with van der Waals surface area (Å²) in [4.78, 5) is 45.4. The summed E-state index contributed by atoms with van der Waals surface area (Å²) in [7, 11) is 1.56. The number of ether oxygens (including phenoxy) is 2. The van der Waals surface area contributed by atoms with Crippen LogP contribution in [0.1, 0.15) is 30.9 Å². The van der Waals surface area contributed by atoms with Crippen LogP contribution < -0.4 is 9.64 Å². The molecule has 0 bridgehead atoms. The highest BCUT2D eigenvalue weighted by molar-refractivity contribution is 6.01. The van der Waals surface area contributed by atoms with Crippen LogP contribution in [0, 0.1) is 12.8 Å². The monoisotopic (exact) mass is 439 g/mol. The average molecular weight is 440 g/mol. The van der Waals surface area contributed by atoms with Crippen molar-refractivity contribution in [3.63, 3.8) is 0 Å². The highest BCUT2D eigenvalue weighted by Gasteiger charge is 2.38. The maximum atomic E-state index is 13.4. The first-order valence-corrected chi connectivity index (χ1v) is 10.7. The zero-order chi connectivity index (χ0) is 23.1. The molecule has 1 saturated heterocycles. The summed E-state index contributed by atoms with van der Waals surface area (Å²) in [6.45, 7) is 4.77. The number of amides is 2. The SMILES string of the molecule is CCOC(=O)CCN(Cc1cccnc1)C(=O)[C@@H]1CC(=O)N(c2cc(C)ccc2OC)C1. The molecule has 1 fully saturated rings. The Kier molecular flexibility index (Phi) is 7.81. The number of hydrogen-bond donors (Lipinski definition) is 0. The molecule has 8 heteroatoms. The molecule has 0 saturated carbocycles. The molecule has 8 nitrogen and oxygen atoms in total. The number of nitrogens with zero attached hydrogens (tertiary/aromatic N) is 3. The first-order chi connectivity index (χ1) is 15.4. The molecule has 2 heterocycles. The van der Waals surface area contributed by atoms with Gasteiger partial charge in [-0.25, -0.2) is 0 Å². The van der Waals surface area contributed by atoms with E-state index in [1.807, 2.05) is 31.2 Å². The second-order valence-corrected chi connectivity index (χ2v) is 7.76. The number of benzene rings is 1. The van der Waals surface area contributed by atoms with Crippen LogP contribution in [0.3, 0.4) is 0 Å². The smallest absolute Gasteiger partial charge is 0.307 e. The Labute approximate surface area is 188 Å². The standard InChI is InChI=1S/C24H29N3O5/c1-4-32-23(29)9-11-26(15-18-6-5-10-25-14-18)24(30)19-13-22(28)27(16-19)20-12-17(2)7-8-21(20)31-3/h5-8,10,12,14,19H,4,9,11,13,15-16H2,1-3H3/t19-/m1/s1. The maximum absolute atomic E-state index is 13.4. The maximum Gasteiger partial charge on any atom is 0.307 e. The summed E-state index contributed by atoms with van der Waals surface area (Å²) in [5, 5.41) is 0. The van der Waals surface area contributed by atoms with Crippen molar-refractivity contribution in [1.29, 1.82) is 0 Å². The van der Waals surface area contributed by atoms with Crippen LogP contribution in [0.15, 0.2) is 42.7 Å². The van der Waals surface area contributed by atoms with Crippen LogP contribution in [-0.2, 0) is 25.7 Å². The molecule has 0 aliphatic carbocycles. The molecular formula is C24H29N3O5. The lowest BCUT2D eigenvalue weighted by Gasteiger charge is -2.26. The fourth-order valence-electron chi connectivity index (χ4n) is 3.81. The number of methoxy groups -OCH3 is 1. The molecule has 0 N–H and O–H groups in total. The van der Waals surface area contributed by atoms with Crippen molar-refractivity contribution in [3.8, 4) is 5.75 Å². The van der Waals surface area contributed by atoms with Gasteiger partial charge in [0.15, 0.2) is 0 Å². The van der Waals surface area contributed by atoms with Gasteiger partial charge in [-0.2, -0.15) is 0 Å². The topological polar surface area (TPSA) is 89.0 Å². The second-order valence-electron chi connectivity index (χ2n) is 7.76. The minimum Gasteiger partial charge on any atom is -0.495 e. The third-order valence-corrected chi connectivity index (χ3v) is 5.40. The molecule has 0 unspecified atom stereocenters. The summed E-state index contributed by atoms with van der Waals surface area (Å²) in [5.74, 6) is -0.567. The lowest BCUT2D eigenvalue weighted by Crippen LogP contribution is -2.38. The van der Waals surface area contributed by atoms with Gasteiger partial charge in [0.1, 0.15) is 5.75 Å². The molecule has 1 aliphatic rings. The highest BCUT2D eigenvalue weighted by Crippen LogP contribution is 2.34. The Balaban J connectivity index is 1.77. The number of aromatic nitrogens is 1. The van der Waals surface area contributed by atoms with Crippen LogP contribution in [0.4, 0.5) is 5.69 Å². The van der Waals surface area contributed by atoms with E-state index in [1.165, 1.54) is 0 Å². The van der Waals surface area contributed by atoms with E-state index in [4.69, 9.17) is 9.47 Å². The Morgan fingerprint density at radius 3 is 2.78 bits per heavy atom. The van der Waals surface area contributed by atoms with Crippen molar-refractivity contribution in [1.82, 2.24) is 9.88 Å². The average Bonchev–Trinajstić information content (AvgIpc) is 3.18. The summed E-state index contributed by atoms with van der Waals surface area (Å²) >= 11 is 0. The quantitative estimate of drug-likeness (QED) is 0.558. The fraction of sp³-hybridized carbons (Fsp3) is 0.417. The molecular weight excluding hydrogens is 410 g/mol. The Morgan fingerprint density at radius 2 is 2.09 bits per heavy atom. The van der Waals surface area contributed by atoms with Crippen LogP contribution in [0.5, 0.6) is 5.75 Å². The van der Waals surface area contributed by atoms with E-state index in [1.54, 1.807) is 42.3 Å². The number of carbonyl (C=O) groups excluding carboxylic acids is 3. The van der Waals surface area contributed by atoms with Gasteiger partial charge in [0.25, 0.3) is 0 Å². The van der Waals surface area contributed by atoms with E-state index in [-0.39, 0.29) is 43.7 Å². The number of esters is 1.